The lowest BCUT2D eigenvalue weighted by Crippen LogP contribution is -2.25. The van der Waals surface area contributed by atoms with Crippen molar-refractivity contribution in [2.75, 3.05) is 6.54 Å². The van der Waals surface area contributed by atoms with Crippen LogP contribution in [0.5, 0.6) is 0 Å². The molecule has 148 valence electrons. The van der Waals surface area contributed by atoms with Gasteiger partial charge in [-0.1, -0.05) is 58.4 Å². The van der Waals surface area contributed by atoms with Crippen molar-refractivity contribution < 1.29 is 4.79 Å². The fourth-order valence-electron chi connectivity index (χ4n) is 3.44. The molecule has 0 aliphatic carbocycles. The highest BCUT2D eigenvalue weighted by Gasteiger charge is 2.15. The number of carbonyl (C=O) groups is 1. The molecule has 0 spiro atoms. The lowest BCUT2D eigenvalue weighted by Gasteiger charge is -2.07. The van der Waals surface area contributed by atoms with Crippen molar-refractivity contribution in [3.63, 3.8) is 0 Å². The molecule has 0 fully saturated rings. The summed E-state index contributed by atoms with van der Waals surface area (Å²) in [6.45, 7) is 8.72. The van der Waals surface area contributed by atoms with Gasteiger partial charge in [-0.05, 0) is 39.8 Å². The number of hydrogen-bond donors (Lipinski definition) is 1. The minimum atomic E-state index is -0.0319. The molecule has 1 N–H and O–H groups in total. The van der Waals surface area contributed by atoms with Gasteiger partial charge in [-0.3, -0.25) is 4.79 Å². The number of hydrogen-bond acceptors (Lipinski definition) is 4. The van der Waals surface area contributed by atoms with Crippen LogP contribution in [0.2, 0.25) is 0 Å². The number of amides is 1. The third kappa shape index (κ3) is 4.07. The first-order valence-corrected chi connectivity index (χ1v) is 10.5. The van der Waals surface area contributed by atoms with E-state index in [-0.39, 0.29) is 5.91 Å². The Morgan fingerprint density at radius 2 is 1.69 bits per heavy atom. The van der Waals surface area contributed by atoms with Gasteiger partial charge in [0.25, 0.3) is 5.91 Å². The highest BCUT2D eigenvalue weighted by Crippen LogP contribution is 2.25. The average Bonchev–Trinajstić information content (AvgIpc) is 3.21. The summed E-state index contributed by atoms with van der Waals surface area (Å²) in [4.78, 5) is 19.2. The van der Waals surface area contributed by atoms with E-state index < -0.39 is 0 Å². The Morgan fingerprint density at radius 1 is 1.00 bits per heavy atom. The largest absolute Gasteiger partial charge is 0.352 e. The van der Waals surface area contributed by atoms with Gasteiger partial charge in [-0.15, -0.1) is 5.10 Å². The summed E-state index contributed by atoms with van der Waals surface area (Å²) in [6, 6.07) is 14.1. The molecule has 0 radical (unpaired) electrons. The molecule has 0 aliphatic heterocycles. The van der Waals surface area contributed by atoms with E-state index in [1.165, 1.54) is 10.4 Å². The molecule has 1 amide bonds. The van der Waals surface area contributed by atoms with E-state index in [4.69, 9.17) is 0 Å². The van der Waals surface area contributed by atoms with Crippen molar-refractivity contribution in [3.05, 3.63) is 75.3 Å². The number of fused-ring (bicyclic) bond motifs is 1. The van der Waals surface area contributed by atoms with Gasteiger partial charge in [0.1, 0.15) is 0 Å². The third-order valence-corrected chi connectivity index (χ3v) is 6.14. The van der Waals surface area contributed by atoms with E-state index >= 15 is 0 Å². The maximum Gasteiger partial charge on any atom is 0.251 e. The van der Waals surface area contributed by atoms with Gasteiger partial charge in [-0.2, -0.15) is 4.98 Å². The summed E-state index contributed by atoms with van der Waals surface area (Å²) >= 11 is 1.63. The van der Waals surface area contributed by atoms with Crippen LogP contribution in [0.25, 0.3) is 16.3 Å². The smallest absolute Gasteiger partial charge is 0.251 e. The van der Waals surface area contributed by atoms with Crippen LogP contribution in [0.4, 0.5) is 0 Å². The topological polar surface area (TPSA) is 59.3 Å². The predicted octanol–water partition coefficient (Wildman–Crippen LogP) is 4.66. The Kier molecular flexibility index (Phi) is 5.20. The summed E-state index contributed by atoms with van der Waals surface area (Å²) in [5.41, 5.74) is 6.23. The van der Waals surface area contributed by atoms with E-state index in [0.717, 1.165) is 39.6 Å². The second-order valence-electron chi connectivity index (χ2n) is 7.49. The van der Waals surface area contributed by atoms with Gasteiger partial charge >= 0.3 is 0 Å². The van der Waals surface area contributed by atoms with Crippen molar-refractivity contribution >= 4 is 22.2 Å². The van der Waals surface area contributed by atoms with Crippen molar-refractivity contribution in [2.24, 2.45) is 0 Å². The molecule has 0 bridgehead atoms. The van der Waals surface area contributed by atoms with Crippen LogP contribution in [0.15, 0.2) is 42.5 Å². The maximum atomic E-state index is 12.4. The monoisotopic (exact) mass is 404 g/mol. The van der Waals surface area contributed by atoms with Gasteiger partial charge in [-0.25, -0.2) is 4.52 Å². The molecule has 0 unspecified atom stereocenters. The molecule has 2 heterocycles. The Morgan fingerprint density at radius 3 is 2.34 bits per heavy atom. The summed E-state index contributed by atoms with van der Waals surface area (Å²) in [6.07, 6.45) is 0.762. The van der Waals surface area contributed by atoms with Crippen molar-refractivity contribution in [1.82, 2.24) is 19.9 Å². The molecule has 0 saturated heterocycles. The molecule has 2 aromatic heterocycles. The fraction of sp³-hybridized carbons (Fsp3) is 0.261. The summed E-state index contributed by atoms with van der Waals surface area (Å²) in [5, 5.41) is 7.70. The molecule has 2 aromatic carbocycles. The van der Waals surface area contributed by atoms with Gasteiger partial charge < -0.3 is 5.32 Å². The Hall–Kier alpha value is -2.99. The summed E-state index contributed by atoms with van der Waals surface area (Å²) in [5.74, 6) is 0.713. The fourth-order valence-corrected chi connectivity index (χ4v) is 4.49. The Bertz CT molecular complexity index is 1170. The molecule has 4 aromatic rings. The van der Waals surface area contributed by atoms with Crippen LogP contribution in [0.1, 0.15) is 37.6 Å². The minimum Gasteiger partial charge on any atom is -0.352 e. The number of nitrogens with zero attached hydrogens (tertiary/aromatic N) is 3. The first-order valence-electron chi connectivity index (χ1n) is 9.69. The normalized spacial score (nSPS) is 11.2. The molecule has 0 atom stereocenters. The van der Waals surface area contributed by atoms with E-state index in [1.54, 1.807) is 11.3 Å². The quantitative estimate of drug-likeness (QED) is 0.526. The first kappa shape index (κ1) is 19.3. The van der Waals surface area contributed by atoms with Crippen LogP contribution in [0, 0.1) is 27.7 Å². The summed E-state index contributed by atoms with van der Waals surface area (Å²) in [7, 11) is 0. The number of thiazole rings is 1. The molecular weight excluding hydrogens is 380 g/mol. The van der Waals surface area contributed by atoms with Crippen LogP contribution < -0.4 is 5.32 Å². The number of benzene rings is 2. The van der Waals surface area contributed by atoms with Gasteiger partial charge in [0.2, 0.25) is 4.96 Å². The molecule has 6 heteroatoms. The zero-order chi connectivity index (χ0) is 20.5. The second-order valence-corrected chi connectivity index (χ2v) is 8.55. The van der Waals surface area contributed by atoms with Crippen molar-refractivity contribution in [3.8, 4) is 11.4 Å². The lowest BCUT2D eigenvalue weighted by molar-refractivity contribution is 0.0954. The highest BCUT2D eigenvalue weighted by atomic mass is 32.1. The molecule has 0 saturated carbocycles. The zero-order valence-electron chi connectivity index (χ0n) is 17.1. The lowest BCUT2D eigenvalue weighted by atomic mass is 10.1. The van der Waals surface area contributed by atoms with E-state index in [9.17, 15) is 4.79 Å². The van der Waals surface area contributed by atoms with Gasteiger partial charge in [0.05, 0.1) is 5.69 Å². The number of rotatable bonds is 5. The van der Waals surface area contributed by atoms with E-state index in [2.05, 4.69) is 47.4 Å². The number of nitrogens with one attached hydrogen (secondary N) is 1. The van der Waals surface area contributed by atoms with Crippen LogP contribution in [-0.2, 0) is 6.42 Å². The standard InChI is InChI=1S/C23H24N4OS/c1-14-5-7-18(8-6-14)21-25-23-27(26-21)17(4)20(29-23)9-10-24-22(28)19-12-15(2)11-16(3)13-19/h5-8,11-13H,9-10H2,1-4H3,(H,24,28). The minimum absolute atomic E-state index is 0.0319. The second kappa shape index (κ2) is 7.79. The van der Waals surface area contributed by atoms with Crippen LogP contribution in [0.3, 0.4) is 0 Å². The molecule has 5 nitrogen and oxygen atoms in total. The molecule has 29 heavy (non-hydrogen) atoms. The predicted molar refractivity (Wildman–Crippen MR) is 118 cm³/mol. The highest BCUT2D eigenvalue weighted by molar-refractivity contribution is 7.17. The SMILES string of the molecule is Cc1ccc(-c2nc3sc(CCNC(=O)c4cc(C)cc(C)c4)c(C)n3n2)cc1. The maximum absolute atomic E-state index is 12.4. The van der Waals surface area contributed by atoms with Crippen molar-refractivity contribution in [1.29, 1.82) is 0 Å². The van der Waals surface area contributed by atoms with Gasteiger partial charge in [0, 0.05) is 29.0 Å². The molecule has 0 aliphatic rings. The Labute approximate surface area is 174 Å². The summed E-state index contributed by atoms with van der Waals surface area (Å²) < 4.78 is 1.90. The Balaban J connectivity index is 1.44. The van der Waals surface area contributed by atoms with Crippen LogP contribution in [-0.4, -0.2) is 27.0 Å². The van der Waals surface area contributed by atoms with Crippen LogP contribution >= 0.6 is 11.3 Å². The average molecular weight is 405 g/mol. The van der Waals surface area contributed by atoms with E-state index in [1.807, 2.05) is 42.6 Å². The first-order chi connectivity index (χ1) is 13.9. The number of aromatic nitrogens is 3. The third-order valence-electron chi connectivity index (χ3n) is 4.94. The molecule has 4 rings (SSSR count). The molecular formula is C23H24N4OS. The van der Waals surface area contributed by atoms with Crippen molar-refractivity contribution in [2.45, 2.75) is 34.1 Å². The number of carbonyl (C=O) groups excluding carboxylic acids is 1. The number of aryl methyl sites for hydroxylation is 4. The zero-order valence-corrected chi connectivity index (χ0v) is 17.9. The van der Waals surface area contributed by atoms with E-state index in [0.29, 0.717) is 12.1 Å². The van der Waals surface area contributed by atoms with Gasteiger partial charge in [0.15, 0.2) is 5.82 Å².